The maximum atomic E-state index is 13.5. The highest BCUT2D eigenvalue weighted by atomic mass is 79.9. The largest absolute Gasteiger partial charge is 0.378 e. The highest BCUT2D eigenvalue weighted by molar-refractivity contribution is 9.10. The van der Waals surface area contributed by atoms with Gasteiger partial charge >= 0.3 is 0 Å². The first-order valence-electron chi connectivity index (χ1n) is 5.18. The maximum Gasteiger partial charge on any atom is 0.147 e. The Morgan fingerprint density at radius 2 is 2.18 bits per heavy atom. The SMILES string of the molecule is Cc1noc(C)c1CNc1ccc(Br)cc1F. The van der Waals surface area contributed by atoms with Crippen LogP contribution in [0.5, 0.6) is 0 Å². The first kappa shape index (κ1) is 12.1. The van der Waals surface area contributed by atoms with E-state index in [1.807, 2.05) is 13.8 Å². The van der Waals surface area contributed by atoms with Crippen LogP contribution in [0.2, 0.25) is 0 Å². The van der Waals surface area contributed by atoms with Gasteiger partial charge in [-0.1, -0.05) is 21.1 Å². The maximum absolute atomic E-state index is 13.5. The van der Waals surface area contributed by atoms with Crippen LogP contribution in [-0.2, 0) is 6.54 Å². The molecule has 0 unspecified atom stereocenters. The van der Waals surface area contributed by atoms with E-state index in [2.05, 4.69) is 26.4 Å². The zero-order valence-corrected chi connectivity index (χ0v) is 11.1. The number of nitrogens with one attached hydrogen (secondary N) is 1. The van der Waals surface area contributed by atoms with Gasteiger partial charge in [0.25, 0.3) is 0 Å². The molecule has 2 rings (SSSR count). The monoisotopic (exact) mass is 298 g/mol. The molecule has 0 amide bonds. The Balaban J connectivity index is 2.13. The number of hydrogen-bond donors (Lipinski definition) is 1. The van der Waals surface area contributed by atoms with Crippen LogP contribution in [0, 0.1) is 19.7 Å². The van der Waals surface area contributed by atoms with Crippen molar-refractivity contribution >= 4 is 21.6 Å². The van der Waals surface area contributed by atoms with E-state index in [4.69, 9.17) is 4.52 Å². The predicted octanol–water partition coefficient (Wildman–Crippen LogP) is 3.81. The Hall–Kier alpha value is -1.36. The Labute approximate surface area is 107 Å². The van der Waals surface area contributed by atoms with Gasteiger partial charge in [-0.25, -0.2) is 4.39 Å². The molecular weight excluding hydrogens is 287 g/mol. The lowest BCUT2D eigenvalue weighted by Gasteiger charge is -2.07. The minimum atomic E-state index is -0.286. The molecule has 1 N–H and O–H groups in total. The van der Waals surface area contributed by atoms with Gasteiger partial charge in [-0.3, -0.25) is 0 Å². The quantitative estimate of drug-likeness (QED) is 0.936. The van der Waals surface area contributed by atoms with Crippen molar-refractivity contribution in [3.05, 3.63) is 45.5 Å². The highest BCUT2D eigenvalue weighted by Gasteiger charge is 2.09. The highest BCUT2D eigenvalue weighted by Crippen LogP contribution is 2.21. The van der Waals surface area contributed by atoms with E-state index in [1.54, 1.807) is 12.1 Å². The molecule has 0 atom stereocenters. The van der Waals surface area contributed by atoms with Crippen molar-refractivity contribution in [1.82, 2.24) is 5.16 Å². The minimum Gasteiger partial charge on any atom is -0.378 e. The summed E-state index contributed by atoms with van der Waals surface area (Å²) < 4.78 is 19.3. The lowest BCUT2D eigenvalue weighted by molar-refractivity contribution is 0.392. The van der Waals surface area contributed by atoms with Gasteiger partial charge in [0.15, 0.2) is 0 Å². The fourth-order valence-electron chi connectivity index (χ4n) is 1.57. The van der Waals surface area contributed by atoms with E-state index in [1.165, 1.54) is 6.07 Å². The average molecular weight is 299 g/mol. The molecule has 3 nitrogen and oxygen atoms in total. The fraction of sp³-hybridized carbons (Fsp3) is 0.250. The van der Waals surface area contributed by atoms with Gasteiger partial charge < -0.3 is 9.84 Å². The normalized spacial score (nSPS) is 10.6. The molecule has 1 aromatic heterocycles. The molecule has 5 heteroatoms. The predicted molar refractivity (Wildman–Crippen MR) is 67.4 cm³/mol. The fourth-order valence-corrected chi connectivity index (χ4v) is 1.90. The van der Waals surface area contributed by atoms with E-state index in [0.717, 1.165) is 21.5 Å². The molecule has 1 heterocycles. The summed E-state index contributed by atoms with van der Waals surface area (Å²) in [5.74, 6) is 0.471. The summed E-state index contributed by atoms with van der Waals surface area (Å²) in [4.78, 5) is 0. The molecule has 0 saturated carbocycles. The molecule has 0 fully saturated rings. The molecule has 0 saturated heterocycles. The van der Waals surface area contributed by atoms with Crippen LogP contribution < -0.4 is 5.32 Å². The minimum absolute atomic E-state index is 0.286. The van der Waals surface area contributed by atoms with Gasteiger partial charge in [-0.2, -0.15) is 0 Å². The Bertz CT molecular complexity index is 520. The van der Waals surface area contributed by atoms with E-state index < -0.39 is 0 Å². The number of aromatic nitrogens is 1. The molecule has 0 aliphatic heterocycles. The topological polar surface area (TPSA) is 38.1 Å². The van der Waals surface area contributed by atoms with Gasteiger partial charge in [0.2, 0.25) is 0 Å². The van der Waals surface area contributed by atoms with Gasteiger partial charge in [0, 0.05) is 16.6 Å². The molecule has 90 valence electrons. The number of aryl methyl sites for hydroxylation is 2. The Morgan fingerprint density at radius 1 is 1.41 bits per heavy atom. The van der Waals surface area contributed by atoms with E-state index in [9.17, 15) is 4.39 Å². The van der Waals surface area contributed by atoms with Gasteiger partial charge in [0.05, 0.1) is 11.4 Å². The van der Waals surface area contributed by atoms with Gasteiger partial charge in [-0.05, 0) is 32.0 Å². The molecule has 0 radical (unpaired) electrons. The number of rotatable bonds is 3. The third kappa shape index (κ3) is 2.66. The summed E-state index contributed by atoms with van der Waals surface area (Å²) >= 11 is 3.22. The van der Waals surface area contributed by atoms with E-state index in [-0.39, 0.29) is 5.82 Å². The summed E-state index contributed by atoms with van der Waals surface area (Å²) in [5.41, 5.74) is 2.26. The molecule has 0 aliphatic rings. The van der Waals surface area contributed by atoms with Crippen molar-refractivity contribution in [3.63, 3.8) is 0 Å². The Morgan fingerprint density at radius 3 is 2.76 bits per heavy atom. The lowest BCUT2D eigenvalue weighted by atomic mass is 10.2. The van der Waals surface area contributed by atoms with Crippen molar-refractivity contribution in [2.24, 2.45) is 0 Å². The zero-order valence-electron chi connectivity index (χ0n) is 9.55. The first-order valence-corrected chi connectivity index (χ1v) is 5.98. The van der Waals surface area contributed by atoms with E-state index in [0.29, 0.717) is 12.2 Å². The zero-order chi connectivity index (χ0) is 12.4. The van der Waals surface area contributed by atoms with Crippen LogP contribution >= 0.6 is 15.9 Å². The number of anilines is 1. The van der Waals surface area contributed by atoms with Crippen LogP contribution in [0.3, 0.4) is 0 Å². The number of hydrogen-bond acceptors (Lipinski definition) is 3. The van der Waals surface area contributed by atoms with Crippen LogP contribution in [0.25, 0.3) is 0 Å². The molecule has 0 bridgehead atoms. The summed E-state index contributed by atoms with van der Waals surface area (Å²) in [6.07, 6.45) is 0. The molecule has 0 aliphatic carbocycles. The molecule has 17 heavy (non-hydrogen) atoms. The summed E-state index contributed by atoms with van der Waals surface area (Å²) in [6, 6.07) is 4.91. The number of benzene rings is 1. The second-order valence-electron chi connectivity index (χ2n) is 3.78. The third-order valence-corrected chi connectivity index (χ3v) is 3.06. The number of halogens is 2. The van der Waals surface area contributed by atoms with Crippen LogP contribution in [-0.4, -0.2) is 5.16 Å². The van der Waals surface area contributed by atoms with Crippen LogP contribution in [0.15, 0.2) is 27.2 Å². The molecule has 0 spiro atoms. The standard InChI is InChI=1S/C12H12BrFN2O/c1-7-10(8(2)17-16-7)6-15-12-4-3-9(13)5-11(12)14/h3-5,15H,6H2,1-2H3. The van der Waals surface area contributed by atoms with Crippen molar-refractivity contribution in [3.8, 4) is 0 Å². The molecular formula is C12H12BrFN2O. The Kier molecular flexibility index (Phi) is 3.47. The summed E-state index contributed by atoms with van der Waals surface area (Å²) in [7, 11) is 0. The van der Waals surface area contributed by atoms with Crippen LogP contribution in [0.4, 0.5) is 10.1 Å². The molecule has 2 aromatic rings. The second kappa shape index (κ2) is 4.87. The van der Waals surface area contributed by atoms with Crippen molar-refractivity contribution in [1.29, 1.82) is 0 Å². The third-order valence-electron chi connectivity index (χ3n) is 2.57. The second-order valence-corrected chi connectivity index (χ2v) is 4.70. The van der Waals surface area contributed by atoms with Crippen molar-refractivity contribution in [2.75, 3.05) is 5.32 Å². The van der Waals surface area contributed by atoms with Crippen LogP contribution in [0.1, 0.15) is 17.0 Å². The van der Waals surface area contributed by atoms with Crippen molar-refractivity contribution in [2.45, 2.75) is 20.4 Å². The number of nitrogens with zero attached hydrogens (tertiary/aromatic N) is 1. The molecule has 1 aromatic carbocycles. The van der Waals surface area contributed by atoms with E-state index >= 15 is 0 Å². The van der Waals surface area contributed by atoms with Crippen molar-refractivity contribution < 1.29 is 8.91 Å². The van der Waals surface area contributed by atoms with Gasteiger partial charge in [0.1, 0.15) is 11.6 Å². The smallest absolute Gasteiger partial charge is 0.147 e. The van der Waals surface area contributed by atoms with Gasteiger partial charge in [-0.15, -0.1) is 0 Å². The summed E-state index contributed by atoms with van der Waals surface area (Å²) in [5, 5.41) is 6.88. The average Bonchev–Trinajstić information content (AvgIpc) is 2.58. The summed E-state index contributed by atoms with van der Waals surface area (Å²) in [6.45, 7) is 4.21. The first-order chi connectivity index (χ1) is 8.08. The lowest BCUT2D eigenvalue weighted by Crippen LogP contribution is -2.03.